The van der Waals surface area contributed by atoms with Crippen LogP contribution in [0.15, 0.2) is 24.3 Å². The van der Waals surface area contributed by atoms with Crippen molar-refractivity contribution in [2.24, 2.45) is 0 Å². The van der Waals surface area contributed by atoms with Gasteiger partial charge in [0.25, 0.3) is 0 Å². The van der Waals surface area contributed by atoms with Crippen LogP contribution in [0.4, 0.5) is 0 Å². The molecule has 0 bridgehead atoms. The molecule has 1 aliphatic rings. The van der Waals surface area contributed by atoms with Crippen LogP contribution in [0.2, 0.25) is 0 Å². The van der Waals surface area contributed by atoms with E-state index in [4.69, 9.17) is 8.22 Å². The summed E-state index contributed by atoms with van der Waals surface area (Å²) in [4.78, 5) is 0. The standard InChI is InChI=1S/C13H18/c1-12(2)9-13(3,4)11-8-6-5-7-10(11)12/h5-8H,9H2,1-4H3/i1D3,3D3. The molecule has 0 fully saturated rings. The summed E-state index contributed by atoms with van der Waals surface area (Å²) in [6.45, 7) is -1.14. The predicted octanol–water partition coefficient (Wildman–Crippen LogP) is 3.65. The number of hydrogen-bond donors (Lipinski definition) is 0. The van der Waals surface area contributed by atoms with Crippen molar-refractivity contribution in [3.8, 4) is 0 Å². The van der Waals surface area contributed by atoms with Gasteiger partial charge in [0.15, 0.2) is 0 Å². The molecular formula is C13H18. The Bertz CT molecular complexity index is 456. The first-order valence-corrected chi connectivity index (χ1v) is 4.53. The van der Waals surface area contributed by atoms with Gasteiger partial charge in [0.05, 0.1) is 0 Å². The van der Waals surface area contributed by atoms with E-state index in [0.717, 1.165) is 0 Å². The Morgan fingerprint density at radius 2 is 1.54 bits per heavy atom. The molecule has 70 valence electrons. The highest BCUT2D eigenvalue weighted by Gasteiger charge is 2.41. The van der Waals surface area contributed by atoms with E-state index in [1.54, 1.807) is 38.1 Å². The first kappa shape index (κ1) is 4.16. The first-order chi connectivity index (χ1) is 8.43. The van der Waals surface area contributed by atoms with Gasteiger partial charge >= 0.3 is 0 Å². The van der Waals surface area contributed by atoms with Crippen LogP contribution >= 0.6 is 0 Å². The summed E-state index contributed by atoms with van der Waals surface area (Å²) in [5.41, 5.74) is -0.915. The average Bonchev–Trinajstić information content (AvgIpc) is 2.50. The molecule has 0 saturated heterocycles. The molecule has 1 aliphatic carbocycles. The highest BCUT2D eigenvalue weighted by atomic mass is 14.4. The third-order valence-electron chi connectivity index (χ3n) is 2.82. The third-order valence-corrected chi connectivity index (χ3v) is 2.82. The number of hydrogen-bond acceptors (Lipinski definition) is 0. The van der Waals surface area contributed by atoms with Crippen LogP contribution < -0.4 is 0 Å². The largest absolute Gasteiger partial charge is 0.0620 e. The summed E-state index contributed by atoms with van der Waals surface area (Å²) in [6, 6.07) is 7.04. The van der Waals surface area contributed by atoms with Crippen molar-refractivity contribution in [3.05, 3.63) is 35.4 Å². The van der Waals surface area contributed by atoms with Crippen LogP contribution in [-0.2, 0) is 10.8 Å². The normalized spacial score (nSPS) is 46.3. The van der Waals surface area contributed by atoms with Crippen LogP contribution in [-0.4, -0.2) is 0 Å². The molecule has 0 aromatic heterocycles. The monoisotopic (exact) mass is 180 g/mol. The van der Waals surface area contributed by atoms with Gasteiger partial charge in [-0.15, -0.1) is 0 Å². The minimum Gasteiger partial charge on any atom is -0.0620 e. The maximum absolute atomic E-state index is 7.79. The molecule has 0 amide bonds. The van der Waals surface area contributed by atoms with Crippen LogP contribution in [0, 0.1) is 0 Å². The molecular weight excluding hydrogens is 156 g/mol. The predicted molar refractivity (Wildman–Crippen MR) is 57.1 cm³/mol. The van der Waals surface area contributed by atoms with Gasteiger partial charge < -0.3 is 0 Å². The van der Waals surface area contributed by atoms with Crippen molar-refractivity contribution in [2.45, 2.75) is 44.8 Å². The van der Waals surface area contributed by atoms with Crippen molar-refractivity contribution in [1.29, 1.82) is 0 Å². The summed E-state index contributed by atoms with van der Waals surface area (Å²) in [6.07, 6.45) is 0.117. The lowest BCUT2D eigenvalue weighted by Crippen LogP contribution is -2.17. The van der Waals surface area contributed by atoms with Gasteiger partial charge in [-0.05, 0) is 28.4 Å². The molecule has 0 spiro atoms. The van der Waals surface area contributed by atoms with E-state index in [2.05, 4.69) is 0 Å². The Morgan fingerprint density at radius 1 is 1.08 bits per heavy atom. The highest BCUT2D eigenvalue weighted by molar-refractivity contribution is 5.44. The van der Waals surface area contributed by atoms with Crippen molar-refractivity contribution in [3.63, 3.8) is 0 Å². The Hall–Kier alpha value is -0.780. The fourth-order valence-corrected chi connectivity index (χ4v) is 2.34. The van der Waals surface area contributed by atoms with E-state index in [-0.39, 0.29) is 6.42 Å². The molecule has 2 unspecified atom stereocenters. The number of fused-ring (bicyclic) bond motifs is 1. The molecule has 0 aliphatic heterocycles. The second-order valence-corrected chi connectivity index (χ2v) is 4.39. The summed E-state index contributed by atoms with van der Waals surface area (Å²) in [5, 5.41) is 0. The van der Waals surface area contributed by atoms with Crippen molar-refractivity contribution in [2.75, 3.05) is 0 Å². The van der Waals surface area contributed by atoms with Crippen LogP contribution in [0.1, 0.15) is 53.3 Å². The van der Waals surface area contributed by atoms with Crippen LogP contribution in [0.5, 0.6) is 0 Å². The third kappa shape index (κ3) is 1.20. The summed E-state index contributed by atoms with van der Waals surface area (Å²) in [7, 11) is 0. The maximum Gasteiger partial charge on any atom is 0.0239 e. The van der Waals surface area contributed by atoms with Gasteiger partial charge in [-0.3, -0.25) is 0 Å². The van der Waals surface area contributed by atoms with Crippen molar-refractivity contribution >= 4 is 0 Å². The molecule has 2 rings (SSSR count). The maximum atomic E-state index is 7.79. The Kier molecular flexibility index (Phi) is 0.760. The average molecular weight is 180 g/mol. The summed E-state index contributed by atoms with van der Waals surface area (Å²) >= 11 is 0. The zero-order valence-electron chi connectivity index (χ0n) is 14.0. The fourth-order valence-electron chi connectivity index (χ4n) is 2.34. The van der Waals surface area contributed by atoms with Crippen molar-refractivity contribution < 1.29 is 8.22 Å². The Labute approximate surface area is 89.4 Å². The quantitative estimate of drug-likeness (QED) is 0.572. The minimum absolute atomic E-state index is 0.117. The van der Waals surface area contributed by atoms with Gasteiger partial charge in [0.2, 0.25) is 0 Å². The lowest BCUT2D eigenvalue weighted by molar-refractivity contribution is 0.403. The van der Waals surface area contributed by atoms with E-state index in [9.17, 15) is 0 Å². The fraction of sp³-hybridized carbons (Fsp3) is 0.538. The topological polar surface area (TPSA) is 0 Å². The molecule has 0 radical (unpaired) electrons. The molecule has 2 atom stereocenters. The van der Waals surface area contributed by atoms with Gasteiger partial charge in [-0.2, -0.15) is 0 Å². The van der Waals surface area contributed by atoms with Crippen LogP contribution in [0.3, 0.4) is 0 Å². The van der Waals surface area contributed by atoms with E-state index in [1.165, 1.54) is 0 Å². The summed E-state index contributed by atoms with van der Waals surface area (Å²) < 4.78 is 46.7. The van der Waals surface area contributed by atoms with Crippen LogP contribution in [0.25, 0.3) is 0 Å². The van der Waals surface area contributed by atoms with Gasteiger partial charge in [0.1, 0.15) is 0 Å². The van der Waals surface area contributed by atoms with Gasteiger partial charge in [-0.1, -0.05) is 51.8 Å². The molecule has 1 aromatic carbocycles. The molecule has 1 aromatic rings. The molecule has 0 heterocycles. The Balaban J connectivity index is 2.71. The molecule has 13 heavy (non-hydrogen) atoms. The second-order valence-electron chi connectivity index (χ2n) is 4.39. The minimum atomic E-state index is -2.22. The highest BCUT2D eigenvalue weighted by Crippen LogP contribution is 2.48. The Morgan fingerprint density at radius 3 is 1.92 bits per heavy atom. The van der Waals surface area contributed by atoms with Crippen molar-refractivity contribution in [1.82, 2.24) is 0 Å². The second kappa shape index (κ2) is 2.37. The van der Waals surface area contributed by atoms with E-state index < -0.39 is 24.5 Å². The number of rotatable bonds is 0. The number of benzene rings is 1. The first-order valence-electron chi connectivity index (χ1n) is 7.53. The van der Waals surface area contributed by atoms with E-state index >= 15 is 0 Å². The molecule has 0 heteroatoms. The van der Waals surface area contributed by atoms with E-state index in [1.807, 2.05) is 0 Å². The lowest BCUT2D eigenvalue weighted by Gasteiger charge is -2.22. The molecule has 0 saturated carbocycles. The zero-order valence-corrected chi connectivity index (χ0v) is 8.02. The van der Waals surface area contributed by atoms with Gasteiger partial charge in [0, 0.05) is 8.22 Å². The van der Waals surface area contributed by atoms with E-state index in [0.29, 0.717) is 11.1 Å². The zero-order chi connectivity index (χ0) is 14.7. The summed E-state index contributed by atoms with van der Waals surface area (Å²) in [5.74, 6) is 0. The smallest absolute Gasteiger partial charge is 0.0239 e. The lowest BCUT2D eigenvalue weighted by atomic mass is 9.82. The molecule has 0 nitrogen and oxygen atoms in total. The SMILES string of the molecule is [2H]C([2H])([2H])C1(C)CC(C)(C([2H])([2H])[2H])c2ccccc21. The molecule has 0 N–H and O–H groups in total. The van der Waals surface area contributed by atoms with Gasteiger partial charge in [-0.25, -0.2) is 0 Å².